The smallest absolute Gasteiger partial charge is 0.335 e. The van der Waals surface area contributed by atoms with E-state index in [2.05, 4.69) is 120 Å². The van der Waals surface area contributed by atoms with Gasteiger partial charge in [0, 0.05) is 16.8 Å². The Hall–Kier alpha value is 2.08. The first-order valence-corrected chi connectivity index (χ1v) is 9.15. The standard InChI is InChI=1S/C9H3I5O2/c1-2-3(15)16-9-7(13)5(11)4(10)6(12)8(9)14/h2H,1H2. The fourth-order valence-corrected chi connectivity index (χ4v) is 5.75. The minimum atomic E-state index is -0.427. The zero-order valence-corrected chi connectivity index (χ0v) is 18.3. The van der Waals surface area contributed by atoms with E-state index < -0.39 is 5.97 Å². The summed E-state index contributed by atoms with van der Waals surface area (Å²) in [6.45, 7) is 3.39. The van der Waals surface area contributed by atoms with Crippen molar-refractivity contribution in [1.29, 1.82) is 0 Å². The number of ether oxygens (including phenoxy) is 1. The Morgan fingerprint density at radius 2 is 1.31 bits per heavy atom. The molecule has 0 saturated carbocycles. The predicted octanol–water partition coefficient (Wildman–Crippen LogP) is 4.80. The molecule has 0 atom stereocenters. The van der Waals surface area contributed by atoms with Crippen LogP contribution in [0.5, 0.6) is 5.75 Å². The molecule has 0 radical (unpaired) electrons. The van der Waals surface area contributed by atoms with E-state index in [4.69, 9.17) is 4.74 Å². The fourth-order valence-electron chi connectivity index (χ4n) is 0.817. The molecule has 0 aliphatic heterocycles. The number of rotatable bonds is 2. The number of carbonyl (C=O) groups excluding carboxylic acids is 1. The summed E-state index contributed by atoms with van der Waals surface area (Å²) >= 11 is 11.2. The van der Waals surface area contributed by atoms with Gasteiger partial charge in [0.2, 0.25) is 0 Å². The second-order valence-electron chi connectivity index (χ2n) is 2.52. The Bertz CT molecular complexity index is 440. The van der Waals surface area contributed by atoms with Crippen molar-refractivity contribution in [2.24, 2.45) is 0 Å². The average molecular weight is 778 g/mol. The van der Waals surface area contributed by atoms with E-state index in [1.54, 1.807) is 0 Å². The van der Waals surface area contributed by atoms with Crippen LogP contribution >= 0.6 is 113 Å². The molecular weight excluding hydrogens is 775 g/mol. The van der Waals surface area contributed by atoms with Gasteiger partial charge in [0.05, 0.1) is 7.14 Å². The van der Waals surface area contributed by atoms with Gasteiger partial charge in [0.25, 0.3) is 0 Å². The van der Waals surface area contributed by atoms with E-state index in [0.717, 1.165) is 14.3 Å². The van der Waals surface area contributed by atoms with Gasteiger partial charge in [-0.1, -0.05) is 6.58 Å². The third-order valence-corrected chi connectivity index (χ3v) is 11.0. The van der Waals surface area contributed by atoms with Crippen molar-refractivity contribution in [2.75, 3.05) is 0 Å². The van der Waals surface area contributed by atoms with Gasteiger partial charge >= 0.3 is 5.97 Å². The van der Waals surface area contributed by atoms with Crippen molar-refractivity contribution >= 4 is 119 Å². The lowest BCUT2D eigenvalue weighted by atomic mass is 10.3. The highest BCUT2D eigenvalue weighted by Gasteiger charge is 2.19. The van der Waals surface area contributed by atoms with Crippen molar-refractivity contribution < 1.29 is 9.53 Å². The predicted molar refractivity (Wildman–Crippen MR) is 106 cm³/mol. The molecule has 1 aromatic rings. The Balaban J connectivity index is 3.39. The van der Waals surface area contributed by atoms with Gasteiger partial charge in [-0.05, 0) is 113 Å². The van der Waals surface area contributed by atoms with Crippen LogP contribution in [0.25, 0.3) is 0 Å². The lowest BCUT2D eigenvalue weighted by Gasteiger charge is -2.12. The van der Waals surface area contributed by atoms with Crippen molar-refractivity contribution in [3.63, 3.8) is 0 Å². The summed E-state index contributed by atoms with van der Waals surface area (Å²) in [4.78, 5) is 11.2. The first-order valence-electron chi connectivity index (χ1n) is 3.75. The molecule has 0 spiro atoms. The zero-order chi connectivity index (χ0) is 12.5. The van der Waals surface area contributed by atoms with Crippen LogP contribution in [0.15, 0.2) is 12.7 Å². The summed E-state index contributed by atoms with van der Waals surface area (Å²) in [7, 11) is 0. The van der Waals surface area contributed by atoms with E-state index in [0.29, 0.717) is 5.75 Å². The number of carbonyl (C=O) groups is 1. The highest BCUT2D eigenvalue weighted by Crippen LogP contribution is 2.38. The maximum absolute atomic E-state index is 11.2. The molecular formula is C9H3I5O2. The van der Waals surface area contributed by atoms with Gasteiger partial charge in [-0.15, -0.1) is 0 Å². The number of halogens is 5. The monoisotopic (exact) mass is 778 g/mol. The largest absolute Gasteiger partial charge is 0.421 e. The van der Waals surface area contributed by atoms with Crippen LogP contribution < -0.4 is 4.74 Å². The first-order chi connectivity index (χ1) is 7.40. The fraction of sp³-hybridized carbons (Fsp3) is 0. The maximum Gasteiger partial charge on any atom is 0.335 e. The first kappa shape index (κ1) is 16.1. The molecule has 0 heterocycles. The van der Waals surface area contributed by atoms with Gasteiger partial charge in [0.15, 0.2) is 5.75 Å². The number of hydrogen-bond donors (Lipinski definition) is 0. The molecule has 16 heavy (non-hydrogen) atoms. The molecule has 7 heteroatoms. The topological polar surface area (TPSA) is 26.3 Å². The molecule has 2 nitrogen and oxygen atoms in total. The minimum Gasteiger partial charge on any atom is -0.421 e. The number of esters is 1. The van der Waals surface area contributed by atoms with Gasteiger partial charge in [0.1, 0.15) is 0 Å². The molecule has 0 bridgehead atoms. The lowest BCUT2D eigenvalue weighted by Crippen LogP contribution is -2.09. The minimum absolute atomic E-state index is 0.427. The van der Waals surface area contributed by atoms with Crippen LogP contribution in [0.2, 0.25) is 0 Å². The molecule has 86 valence electrons. The SMILES string of the molecule is C=CC(=O)Oc1c(I)c(I)c(I)c(I)c1I. The van der Waals surface area contributed by atoms with Gasteiger partial charge in [-0.2, -0.15) is 0 Å². The summed E-state index contributed by atoms with van der Waals surface area (Å²) < 4.78 is 10.6. The molecule has 0 fully saturated rings. The van der Waals surface area contributed by atoms with Gasteiger partial charge in [-0.25, -0.2) is 4.79 Å². The molecule has 0 saturated heterocycles. The second-order valence-corrected chi connectivity index (χ2v) is 7.92. The van der Waals surface area contributed by atoms with Gasteiger partial charge in [-0.3, -0.25) is 0 Å². The Kier molecular flexibility index (Phi) is 7.08. The molecule has 0 N–H and O–H groups in total. The van der Waals surface area contributed by atoms with Crippen molar-refractivity contribution in [3.8, 4) is 5.75 Å². The summed E-state index contributed by atoms with van der Waals surface area (Å²) in [6, 6.07) is 0. The average Bonchev–Trinajstić information content (AvgIpc) is 2.29. The van der Waals surface area contributed by atoms with E-state index in [-0.39, 0.29) is 0 Å². The zero-order valence-electron chi connectivity index (χ0n) is 7.49. The van der Waals surface area contributed by atoms with Crippen LogP contribution in [0.4, 0.5) is 0 Å². The van der Waals surface area contributed by atoms with Crippen molar-refractivity contribution in [3.05, 3.63) is 30.5 Å². The maximum atomic E-state index is 11.2. The summed E-state index contributed by atoms with van der Waals surface area (Å²) in [5, 5.41) is 0. The lowest BCUT2D eigenvalue weighted by molar-refractivity contribution is -0.129. The Morgan fingerprint density at radius 1 is 0.938 bits per heavy atom. The number of benzene rings is 1. The van der Waals surface area contributed by atoms with Gasteiger partial charge < -0.3 is 4.74 Å². The third-order valence-electron chi connectivity index (χ3n) is 1.54. The van der Waals surface area contributed by atoms with Crippen LogP contribution in [0.3, 0.4) is 0 Å². The van der Waals surface area contributed by atoms with Crippen molar-refractivity contribution in [2.45, 2.75) is 0 Å². The van der Waals surface area contributed by atoms with E-state index in [1.165, 1.54) is 9.65 Å². The Morgan fingerprint density at radius 3 is 1.69 bits per heavy atom. The summed E-state index contributed by atoms with van der Waals surface area (Å²) in [5.74, 6) is 0.198. The summed E-state index contributed by atoms with van der Waals surface area (Å²) in [6.07, 6.45) is 1.17. The Labute approximate surface area is 161 Å². The highest BCUT2D eigenvalue weighted by molar-refractivity contribution is 14.1. The molecule has 0 unspecified atom stereocenters. The van der Waals surface area contributed by atoms with Crippen LogP contribution in [-0.4, -0.2) is 5.97 Å². The second kappa shape index (κ2) is 7.02. The molecule has 0 aliphatic carbocycles. The molecule has 0 aromatic heterocycles. The third kappa shape index (κ3) is 3.55. The molecule has 0 aliphatic rings. The van der Waals surface area contributed by atoms with E-state index in [9.17, 15) is 4.79 Å². The van der Waals surface area contributed by atoms with Crippen LogP contribution in [-0.2, 0) is 4.79 Å². The quantitative estimate of drug-likeness (QED) is 0.108. The van der Waals surface area contributed by atoms with Crippen LogP contribution in [0.1, 0.15) is 0 Å². The van der Waals surface area contributed by atoms with Crippen molar-refractivity contribution in [1.82, 2.24) is 0 Å². The molecule has 0 amide bonds. The van der Waals surface area contributed by atoms with Crippen LogP contribution in [0, 0.1) is 17.9 Å². The summed E-state index contributed by atoms with van der Waals surface area (Å²) in [5.41, 5.74) is 0. The number of hydrogen-bond acceptors (Lipinski definition) is 2. The molecule has 1 rings (SSSR count). The molecule has 1 aromatic carbocycles. The normalized spacial score (nSPS) is 10.1. The van der Waals surface area contributed by atoms with E-state index >= 15 is 0 Å². The van der Waals surface area contributed by atoms with E-state index in [1.807, 2.05) is 0 Å². The highest BCUT2D eigenvalue weighted by atomic mass is 127.